The molecule has 0 saturated carbocycles. The van der Waals surface area contributed by atoms with Gasteiger partial charge in [-0.2, -0.15) is 0 Å². The molecule has 0 aromatic heterocycles. The van der Waals surface area contributed by atoms with Gasteiger partial charge in [-0.1, -0.05) is 48.5 Å². The lowest BCUT2D eigenvalue weighted by Gasteiger charge is -2.19. The monoisotopic (exact) mass is 565 g/mol. The molecule has 41 heavy (non-hydrogen) atoms. The van der Waals surface area contributed by atoms with Crippen LogP contribution >= 0.6 is 0 Å². The van der Waals surface area contributed by atoms with Crippen molar-refractivity contribution in [3.63, 3.8) is 0 Å². The Morgan fingerprint density at radius 3 is 2.17 bits per heavy atom. The maximum atomic E-state index is 12.5. The Kier molecular flexibility index (Phi) is 8.86. The van der Waals surface area contributed by atoms with Gasteiger partial charge >= 0.3 is 12.3 Å². The Morgan fingerprint density at radius 2 is 1.51 bits per heavy atom. The molecule has 4 aromatic carbocycles. The molecule has 0 radical (unpaired) electrons. The van der Waals surface area contributed by atoms with Crippen molar-refractivity contribution in [1.82, 2.24) is 5.32 Å². The predicted molar refractivity (Wildman–Crippen MR) is 150 cm³/mol. The first-order chi connectivity index (χ1) is 19.4. The summed E-state index contributed by atoms with van der Waals surface area (Å²) in [5.74, 6) is -0.364. The van der Waals surface area contributed by atoms with Crippen molar-refractivity contribution < 1.29 is 37.0 Å². The van der Waals surface area contributed by atoms with Crippen LogP contribution in [0.2, 0.25) is 0 Å². The fraction of sp³-hybridized carbons (Fsp3) is 0.250. The number of halogens is 3. The minimum Gasteiger partial charge on any atom is -0.488 e. The van der Waals surface area contributed by atoms with E-state index in [1.165, 1.54) is 12.1 Å². The van der Waals surface area contributed by atoms with Gasteiger partial charge in [0.1, 0.15) is 23.7 Å². The van der Waals surface area contributed by atoms with Gasteiger partial charge in [-0.05, 0) is 79.2 Å². The maximum Gasteiger partial charge on any atom is 0.573 e. The summed E-state index contributed by atoms with van der Waals surface area (Å²) in [5.41, 5.74) is 2.18. The molecule has 6 nitrogen and oxygen atoms in total. The average Bonchev–Trinajstić information content (AvgIpc) is 2.90. The van der Waals surface area contributed by atoms with Gasteiger partial charge in [-0.15, -0.1) is 13.2 Å². The molecule has 1 N–H and O–H groups in total. The van der Waals surface area contributed by atoms with Crippen molar-refractivity contribution in [2.45, 2.75) is 45.8 Å². The number of carbonyl (C=O) groups excluding carboxylic acids is 2. The van der Waals surface area contributed by atoms with E-state index in [1.807, 2.05) is 36.4 Å². The van der Waals surface area contributed by atoms with E-state index in [1.54, 1.807) is 57.2 Å². The van der Waals surface area contributed by atoms with Crippen LogP contribution in [0.5, 0.6) is 11.5 Å². The van der Waals surface area contributed by atoms with Gasteiger partial charge in [0.25, 0.3) is 5.91 Å². The number of hydrogen-bond donors (Lipinski definition) is 1. The largest absolute Gasteiger partial charge is 0.573 e. The molecule has 0 bridgehead atoms. The predicted octanol–water partition coefficient (Wildman–Crippen LogP) is 7.45. The summed E-state index contributed by atoms with van der Waals surface area (Å²) >= 11 is 0. The number of amides is 1. The van der Waals surface area contributed by atoms with Crippen LogP contribution in [0.25, 0.3) is 21.9 Å². The van der Waals surface area contributed by atoms with Gasteiger partial charge in [0.15, 0.2) is 0 Å². The van der Waals surface area contributed by atoms with Crippen molar-refractivity contribution >= 4 is 22.6 Å². The highest BCUT2D eigenvalue weighted by molar-refractivity contribution is 5.94. The van der Waals surface area contributed by atoms with E-state index in [9.17, 15) is 22.8 Å². The zero-order chi connectivity index (χ0) is 29.6. The fourth-order valence-corrected chi connectivity index (χ4v) is 4.10. The number of nitrogens with one attached hydrogen (secondary N) is 1. The number of ether oxygens (including phenoxy) is 3. The van der Waals surface area contributed by atoms with Crippen LogP contribution in [0, 0.1) is 0 Å². The number of carbonyl (C=O) groups is 2. The normalized spacial score (nSPS) is 11.7. The first-order valence-corrected chi connectivity index (χ1v) is 13.0. The minimum absolute atomic E-state index is 0.0768. The fourth-order valence-electron chi connectivity index (χ4n) is 4.10. The molecular weight excluding hydrogens is 535 g/mol. The standard InChI is InChI=1S/C32H30F3NO5/c1-31(2,3)41-29(37)16-17-36-30(38)23-10-8-21(9-11-23)20-39-28-19-25(18-24-6-4-5-7-27(24)28)22-12-14-26(15-13-22)40-32(33,34)35/h4-15,18-19H,16-17,20H2,1-3H3,(H,36,38). The Bertz CT molecular complexity index is 1510. The van der Waals surface area contributed by atoms with Crippen LogP contribution in [0.4, 0.5) is 13.2 Å². The van der Waals surface area contributed by atoms with E-state index < -0.39 is 12.0 Å². The second-order valence-corrected chi connectivity index (χ2v) is 10.3. The van der Waals surface area contributed by atoms with E-state index in [2.05, 4.69) is 10.1 Å². The lowest BCUT2D eigenvalue weighted by atomic mass is 10.0. The number of alkyl halides is 3. The van der Waals surface area contributed by atoms with Gasteiger partial charge < -0.3 is 19.5 Å². The van der Waals surface area contributed by atoms with Crippen molar-refractivity contribution in [1.29, 1.82) is 0 Å². The lowest BCUT2D eigenvalue weighted by Crippen LogP contribution is -2.29. The zero-order valence-electron chi connectivity index (χ0n) is 22.9. The van der Waals surface area contributed by atoms with E-state index in [4.69, 9.17) is 9.47 Å². The highest BCUT2D eigenvalue weighted by Gasteiger charge is 2.31. The first kappa shape index (κ1) is 29.5. The Morgan fingerprint density at radius 1 is 0.829 bits per heavy atom. The molecule has 4 aromatic rings. The Balaban J connectivity index is 1.41. The molecule has 0 aliphatic carbocycles. The molecule has 0 unspecified atom stereocenters. The highest BCUT2D eigenvalue weighted by Crippen LogP contribution is 2.34. The van der Waals surface area contributed by atoms with Gasteiger partial charge in [0.05, 0.1) is 6.42 Å². The zero-order valence-corrected chi connectivity index (χ0v) is 22.9. The second-order valence-electron chi connectivity index (χ2n) is 10.3. The van der Waals surface area contributed by atoms with Crippen molar-refractivity contribution in [3.05, 3.63) is 96.1 Å². The molecule has 4 rings (SSSR count). The lowest BCUT2D eigenvalue weighted by molar-refractivity contribution is -0.274. The van der Waals surface area contributed by atoms with E-state index >= 15 is 0 Å². The molecular formula is C32H30F3NO5. The van der Waals surface area contributed by atoms with Crippen LogP contribution in [-0.4, -0.2) is 30.4 Å². The number of benzene rings is 4. The molecule has 0 fully saturated rings. The Labute approximate surface area is 236 Å². The quantitative estimate of drug-likeness (QED) is 0.214. The first-order valence-electron chi connectivity index (χ1n) is 13.0. The van der Waals surface area contributed by atoms with Gasteiger partial charge in [0.2, 0.25) is 0 Å². The topological polar surface area (TPSA) is 73.9 Å². The second kappa shape index (κ2) is 12.3. The maximum absolute atomic E-state index is 12.5. The molecule has 9 heteroatoms. The number of hydrogen-bond acceptors (Lipinski definition) is 5. The number of fused-ring (bicyclic) bond motifs is 1. The molecule has 0 aliphatic rings. The molecule has 0 atom stereocenters. The van der Waals surface area contributed by atoms with Crippen molar-refractivity contribution in [2.24, 2.45) is 0 Å². The SMILES string of the molecule is CC(C)(C)OC(=O)CCNC(=O)c1ccc(COc2cc(-c3ccc(OC(F)(F)F)cc3)cc3ccccc23)cc1. The molecule has 1 amide bonds. The third-order valence-electron chi connectivity index (χ3n) is 5.89. The van der Waals surface area contributed by atoms with Gasteiger partial charge in [-0.3, -0.25) is 9.59 Å². The van der Waals surface area contributed by atoms with Gasteiger partial charge in [-0.25, -0.2) is 0 Å². The van der Waals surface area contributed by atoms with Crippen LogP contribution in [0.1, 0.15) is 43.1 Å². The molecule has 0 aliphatic heterocycles. The summed E-state index contributed by atoms with van der Waals surface area (Å²) in [6, 6.07) is 24.0. The summed E-state index contributed by atoms with van der Waals surface area (Å²) in [6.07, 6.45) is -4.68. The minimum atomic E-state index is -4.75. The van der Waals surface area contributed by atoms with Crippen LogP contribution < -0.4 is 14.8 Å². The summed E-state index contributed by atoms with van der Waals surface area (Å²) in [6.45, 7) is 5.75. The van der Waals surface area contributed by atoms with E-state index in [-0.39, 0.29) is 37.2 Å². The summed E-state index contributed by atoms with van der Waals surface area (Å²) in [7, 11) is 0. The third-order valence-corrected chi connectivity index (χ3v) is 5.89. The number of esters is 1. The smallest absolute Gasteiger partial charge is 0.488 e. The third kappa shape index (κ3) is 8.73. The van der Waals surface area contributed by atoms with Crippen molar-refractivity contribution in [2.75, 3.05) is 6.54 Å². The molecule has 0 spiro atoms. The van der Waals surface area contributed by atoms with E-state index in [0.29, 0.717) is 16.9 Å². The van der Waals surface area contributed by atoms with Crippen LogP contribution in [0.3, 0.4) is 0 Å². The number of rotatable bonds is 9. The molecule has 214 valence electrons. The highest BCUT2D eigenvalue weighted by atomic mass is 19.4. The summed E-state index contributed by atoms with van der Waals surface area (Å²) in [4.78, 5) is 24.3. The molecule has 0 saturated heterocycles. The van der Waals surface area contributed by atoms with Crippen LogP contribution in [0.15, 0.2) is 84.9 Å². The van der Waals surface area contributed by atoms with Crippen molar-refractivity contribution in [3.8, 4) is 22.6 Å². The molecule has 0 heterocycles. The van der Waals surface area contributed by atoms with Crippen LogP contribution in [-0.2, 0) is 16.1 Å². The summed E-state index contributed by atoms with van der Waals surface area (Å²) in [5, 5.41) is 4.51. The summed E-state index contributed by atoms with van der Waals surface area (Å²) < 4.78 is 53.0. The Hall–Kier alpha value is -4.53. The van der Waals surface area contributed by atoms with E-state index in [0.717, 1.165) is 21.9 Å². The average molecular weight is 566 g/mol. The van der Waals surface area contributed by atoms with Gasteiger partial charge in [0, 0.05) is 17.5 Å².